The molecule has 0 aromatic rings. The predicted molar refractivity (Wildman–Crippen MR) is 70.6 cm³/mol. The van der Waals surface area contributed by atoms with Gasteiger partial charge >= 0.3 is 0 Å². The Morgan fingerprint density at radius 2 is 2.00 bits per heavy atom. The minimum absolute atomic E-state index is 0.164. The summed E-state index contributed by atoms with van der Waals surface area (Å²) in [7, 11) is 0. The maximum atomic E-state index is 10.4. The molecule has 1 saturated carbocycles. The molecule has 106 valence electrons. The molecular formula is C14H27NO3. The molecule has 1 aliphatic carbocycles. The maximum Gasteiger partial charge on any atom is 0.0815 e. The zero-order chi connectivity index (χ0) is 13.2. The van der Waals surface area contributed by atoms with Crippen LogP contribution in [0.5, 0.6) is 0 Å². The van der Waals surface area contributed by atoms with Crippen LogP contribution in [0.1, 0.15) is 40.0 Å². The summed E-state index contributed by atoms with van der Waals surface area (Å²) < 4.78 is 11.0. The fourth-order valence-corrected chi connectivity index (χ4v) is 2.96. The monoisotopic (exact) mass is 257 g/mol. The molecule has 1 aliphatic heterocycles. The van der Waals surface area contributed by atoms with Gasteiger partial charge in [0.25, 0.3) is 0 Å². The van der Waals surface area contributed by atoms with E-state index >= 15 is 0 Å². The summed E-state index contributed by atoms with van der Waals surface area (Å²) in [4.78, 5) is 0. The number of ether oxygens (including phenoxy) is 2. The van der Waals surface area contributed by atoms with Gasteiger partial charge in [0.1, 0.15) is 0 Å². The van der Waals surface area contributed by atoms with Crippen LogP contribution in [-0.2, 0) is 9.47 Å². The van der Waals surface area contributed by atoms with Crippen molar-refractivity contribution in [1.29, 1.82) is 0 Å². The molecule has 2 atom stereocenters. The van der Waals surface area contributed by atoms with Crippen molar-refractivity contribution < 1.29 is 14.6 Å². The van der Waals surface area contributed by atoms with Gasteiger partial charge in [-0.1, -0.05) is 13.8 Å². The van der Waals surface area contributed by atoms with E-state index in [1.807, 2.05) is 6.92 Å². The van der Waals surface area contributed by atoms with E-state index in [-0.39, 0.29) is 5.41 Å². The predicted octanol–water partition coefficient (Wildman–Crippen LogP) is 1.32. The lowest BCUT2D eigenvalue weighted by Crippen LogP contribution is -2.63. The van der Waals surface area contributed by atoms with E-state index in [4.69, 9.17) is 9.47 Å². The molecule has 2 rings (SSSR count). The second-order valence-corrected chi connectivity index (χ2v) is 6.27. The number of aliphatic hydroxyl groups is 1. The van der Waals surface area contributed by atoms with Gasteiger partial charge in [-0.2, -0.15) is 0 Å². The summed E-state index contributed by atoms with van der Waals surface area (Å²) in [5.74, 6) is 0. The van der Waals surface area contributed by atoms with E-state index in [9.17, 15) is 5.11 Å². The standard InChI is InChI=1S/C14H27NO3/c1-4-18-12-9-11(13(12,2)3)15-10-14(16)5-7-17-8-6-14/h11-12,15-16H,4-10H2,1-3H3. The molecule has 2 aliphatic rings. The maximum absolute atomic E-state index is 10.4. The molecule has 1 heterocycles. The van der Waals surface area contributed by atoms with E-state index in [1.54, 1.807) is 0 Å². The Kier molecular flexibility index (Phi) is 4.32. The first-order valence-corrected chi connectivity index (χ1v) is 7.13. The topological polar surface area (TPSA) is 50.7 Å². The van der Waals surface area contributed by atoms with Crippen molar-refractivity contribution in [3.8, 4) is 0 Å². The third-order valence-electron chi connectivity index (χ3n) is 4.65. The van der Waals surface area contributed by atoms with Gasteiger partial charge in [-0.3, -0.25) is 0 Å². The number of nitrogens with one attached hydrogen (secondary N) is 1. The lowest BCUT2D eigenvalue weighted by Gasteiger charge is -2.52. The van der Waals surface area contributed by atoms with Crippen LogP contribution in [0.25, 0.3) is 0 Å². The van der Waals surface area contributed by atoms with Crippen molar-refractivity contribution in [2.45, 2.75) is 57.8 Å². The largest absolute Gasteiger partial charge is 0.388 e. The third-order valence-corrected chi connectivity index (χ3v) is 4.65. The van der Waals surface area contributed by atoms with Gasteiger partial charge in [0.15, 0.2) is 0 Å². The molecule has 2 unspecified atom stereocenters. The summed E-state index contributed by atoms with van der Waals surface area (Å²) in [6.45, 7) is 9.32. The molecule has 0 radical (unpaired) electrons. The summed E-state index contributed by atoms with van der Waals surface area (Å²) in [5.41, 5.74) is -0.414. The van der Waals surface area contributed by atoms with E-state index in [0.717, 1.165) is 25.9 Å². The van der Waals surface area contributed by atoms with Crippen molar-refractivity contribution in [2.24, 2.45) is 5.41 Å². The molecule has 0 aromatic carbocycles. The molecule has 4 nitrogen and oxygen atoms in total. The van der Waals surface area contributed by atoms with Gasteiger partial charge in [-0.05, 0) is 13.3 Å². The Morgan fingerprint density at radius 3 is 2.56 bits per heavy atom. The van der Waals surface area contributed by atoms with Crippen LogP contribution in [-0.4, -0.2) is 49.2 Å². The number of hydrogen-bond acceptors (Lipinski definition) is 4. The number of hydrogen-bond donors (Lipinski definition) is 2. The molecule has 18 heavy (non-hydrogen) atoms. The second kappa shape index (κ2) is 5.45. The molecule has 2 N–H and O–H groups in total. The molecule has 0 amide bonds. The van der Waals surface area contributed by atoms with Gasteiger partial charge in [-0.25, -0.2) is 0 Å². The van der Waals surface area contributed by atoms with Crippen molar-refractivity contribution in [3.05, 3.63) is 0 Å². The second-order valence-electron chi connectivity index (χ2n) is 6.27. The molecule has 2 fully saturated rings. The first-order chi connectivity index (χ1) is 8.48. The Morgan fingerprint density at radius 1 is 1.33 bits per heavy atom. The van der Waals surface area contributed by atoms with Gasteiger partial charge in [0, 0.05) is 50.7 Å². The lowest BCUT2D eigenvalue weighted by atomic mass is 9.64. The number of rotatable bonds is 5. The fourth-order valence-electron chi connectivity index (χ4n) is 2.96. The molecule has 0 bridgehead atoms. The highest BCUT2D eigenvalue weighted by Gasteiger charge is 2.49. The van der Waals surface area contributed by atoms with E-state index in [1.165, 1.54) is 0 Å². The zero-order valence-corrected chi connectivity index (χ0v) is 11.9. The van der Waals surface area contributed by atoms with Gasteiger partial charge in [-0.15, -0.1) is 0 Å². The smallest absolute Gasteiger partial charge is 0.0815 e. The van der Waals surface area contributed by atoms with Crippen LogP contribution < -0.4 is 5.32 Å². The highest BCUT2D eigenvalue weighted by molar-refractivity contribution is 5.03. The average Bonchev–Trinajstić information content (AvgIpc) is 2.33. The Hall–Kier alpha value is -0.160. The average molecular weight is 257 g/mol. The third kappa shape index (κ3) is 2.87. The Bertz CT molecular complexity index is 274. The van der Waals surface area contributed by atoms with Crippen molar-refractivity contribution in [2.75, 3.05) is 26.4 Å². The summed E-state index contributed by atoms with van der Waals surface area (Å²) >= 11 is 0. The zero-order valence-electron chi connectivity index (χ0n) is 11.9. The summed E-state index contributed by atoms with van der Waals surface area (Å²) in [6.07, 6.45) is 2.88. The van der Waals surface area contributed by atoms with Crippen LogP contribution in [0.15, 0.2) is 0 Å². The van der Waals surface area contributed by atoms with Gasteiger partial charge < -0.3 is 19.9 Å². The van der Waals surface area contributed by atoms with Crippen molar-refractivity contribution in [3.63, 3.8) is 0 Å². The minimum atomic E-state index is -0.578. The summed E-state index contributed by atoms with van der Waals surface area (Å²) in [5, 5.41) is 13.9. The van der Waals surface area contributed by atoms with Crippen LogP contribution in [0.2, 0.25) is 0 Å². The van der Waals surface area contributed by atoms with E-state index in [0.29, 0.717) is 31.9 Å². The first-order valence-electron chi connectivity index (χ1n) is 7.13. The van der Waals surface area contributed by atoms with Crippen LogP contribution in [0.4, 0.5) is 0 Å². The SMILES string of the molecule is CCOC1CC(NCC2(O)CCOCC2)C1(C)C. The molecule has 1 saturated heterocycles. The van der Waals surface area contributed by atoms with E-state index < -0.39 is 5.60 Å². The van der Waals surface area contributed by atoms with Crippen LogP contribution in [0, 0.1) is 5.41 Å². The molecule has 4 heteroatoms. The van der Waals surface area contributed by atoms with Gasteiger partial charge in [0.05, 0.1) is 11.7 Å². The van der Waals surface area contributed by atoms with Crippen LogP contribution >= 0.6 is 0 Å². The van der Waals surface area contributed by atoms with E-state index in [2.05, 4.69) is 19.2 Å². The van der Waals surface area contributed by atoms with Crippen LogP contribution in [0.3, 0.4) is 0 Å². The highest BCUT2D eigenvalue weighted by Crippen LogP contribution is 2.42. The molecule has 0 spiro atoms. The minimum Gasteiger partial charge on any atom is -0.388 e. The van der Waals surface area contributed by atoms with Crippen molar-refractivity contribution in [1.82, 2.24) is 5.32 Å². The lowest BCUT2D eigenvalue weighted by molar-refractivity contribution is -0.123. The van der Waals surface area contributed by atoms with Gasteiger partial charge in [0.2, 0.25) is 0 Å². The molecule has 0 aromatic heterocycles. The highest BCUT2D eigenvalue weighted by atomic mass is 16.5. The first kappa shape index (κ1) is 14.3. The summed E-state index contributed by atoms with van der Waals surface area (Å²) in [6, 6.07) is 0.445. The quantitative estimate of drug-likeness (QED) is 0.780. The Labute approximate surface area is 110 Å². The Balaban J connectivity index is 1.78. The van der Waals surface area contributed by atoms with Crippen molar-refractivity contribution >= 4 is 0 Å². The molecular weight excluding hydrogens is 230 g/mol. The normalized spacial score (nSPS) is 34.0. The fraction of sp³-hybridized carbons (Fsp3) is 1.00.